The minimum absolute atomic E-state index is 0.0728. The van der Waals surface area contributed by atoms with E-state index in [0.717, 1.165) is 10.4 Å². The zero-order valence-corrected chi connectivity index (χ0v) is 12.1. The van der Waals surface area contributed by atoms with Gasteiger partial charge in [0.15, 0.2) is 0 Å². The number of nitrogens with one attached hydrogen (secondary N) is 1. The first kappa shape index (κ1) is 14.3. The molecule has 4 heteroatoms. The monoisotopic (exact) mass is 284 g/mol. The number of nitrogens with two attached hydrogens (primary N) is 1. The third-order valence-electron chi connectivity index (χ3n) is 2.72. The second-order valence-corrected chi connectivity index (χ2v) is 5.42. The van der Waals surface area contributed by atoms with Gasteiger partial charge in [0.05, 0.1) is 16.3 Å². The first-order valence-corrected chi connectivity index (χ1v) is 7.13. The Labute approximate surface area is 122 Å². The van der Waals surface area contributed by atoms with Crippen molar-refractivity contribution in [1.82, 2.24) is 5.32 Å². The number of aryl methyl sites for hydroxylation is 1. The van der Waals surface area contributed by atoms with Gasteiger partial charge in [-0.3, -0.25) is 4.79 Å². The molecule has 0 saturated heterocycles. The van der Waals surface area contributed by atoms with Crippen LogP contribution in [0, 0.1) is 18.8 Å². The van der Waals surface area contributed by atoms with Crippen molar-refractivity contribution in [3.8, 4) is 11.8 Å². The molecule has 102 valence electrons. The Balaban J connectivity index is 1.94. The van der Waals surface area contributed by atoms with E-state index in [2.05, 4.69) is 17.2 Å². The smallest absolute Gasteiger partial charge is 0.261 e. The number of amides is 1. The summed E-state index contributed by atoms with van der Waals surface area (Å²) in [6.07, 6.45) is 0. The number of carbonyl (C=O) groups excluding carboxylic acids is 1. The summed E-state index contributed by atoms with van der Waals surface area (Å²) >= 11 is 1.38. The molecule has 3 N–H and O–H groups in total. The van der Waals surface area contributed by atoms with Crippen LogP contribution in [0.4, 0.5) is 0 Å². The van der Waals surface area contributed by atoms with Crippen molar-refractivity contribution in [2.45, 2.75) is 13.5 Å². The van der Waals surface area contributed by atoms with Crippen LogP contribution in [-0.2, 0) is 6.54 Å². The maximum atomic E-state index is 12.0. The summed E-state index contributed by atoms with van der Waals surface area (Å²) in [4.78, 5) is 13.5. The van der Waals surface area contributed by atoms with Gasteiger partial charge in [-0.05, 0) is 24.6 Å². The van der Waals surface area contributed by atoms with E-state index in [0.29, 0.717) is 18.0 Å². The summed E-state index contributed by atoms with van der Waals surface area (Å²) in [5, 5.41) is 2.90. The molecule has 1 aromatic heterocycles. The molecule has 0 aliphatic rings. The van der Waals surface area contributed by atoms with E-state index < -0.39 is 0 Å². The molecule has 0 bridgehead atoms. The Bertz CT molecular complexity index is 647. The molecule has 0 spiro atoms. The number of carbonyl (C=O) groups is 1. The van der Waals surface area contributed by atoms with Gasteiger partial charge in [0.2, 0.25) is 0 Å². The highest BCUT2D eigenvalue weighted by atomic mass is 32.1. The molecule has 0 atom stereocenters. The second-order valence-electron chi connectivity index (χ2n) is 4.34. The molecule has 2 aromatic rings. The molecule has 1 aromatic carbocycles. The highest BCUT2D eigenvalue weighted by Gasteiger charge is 2.07. The molecule has 0 aliphatic heterocycles. The fourth-order valence-corrected chi connectivity index (χ4v) is 2.44. The Morgan fingerprint density at radius 3 is 2.70 bits per heavy atom. The van der Waals surface area contributed by atoms with Gasteiger partial charge in [-0.1, -0.05) is 41.7 Å². The second kappa shape index (κ2) is 6.90. The first-order valence-electron chi connectivity index (χ1n) is 6.31. The average Bonchev–Trinajstić information content (AvgIpc) is 2.93. The van der Waals surface area contributed by atoms with Crippen LogP contribution in [-0.4, -0.2) is 12.5 Å². The van der Waals surface area contributed by atoms with Crippen molar-refractivity contribution in [3.05, 3.63) is 57.3 Å². The summed E-state index contributed by atoms with van der Waals surface area (Å²) in [5.41, 5.74) is 7.61. The lowest BCUT2D eigenvalue weighted by molar-refractivity contribution is 0.0955. The molecule has 0 radical (unpaired) electrons. The summed E-state index contributed by atoms with van der Waals surface area (Å²) in [7, 11) is 0. The first-order chi connectivity index (χ1) is 9.69. The van der Waals surface area contributed by atoms with E-state index in [1.807, 2.05) is 37.3 Å². The zero-order chi connectivity index (χ0) is 14.4. The van der Waals surface area contributed by atoms with Crippen LogP contribution in [0.3, 0.4) is 0 Å². The molecule has 0 unspecified atom stereocenters. The fourth-order valence-electron chi connectivity index (χ4n) is 1.64. The maximum absolute atomic E-state index is 12.0. The molecule has 0 saturated carbocycles. The summed E-state index contributed by atoms with van der Waals surface area (Å²) in [6.45, 7) is 2.89. The Kier molecular flexibility index (Phi) is 4.94. The van der Waals surface area contributed by atoms with Crippen molar-refractivity contribution in [3.63, 3.8) is 0 Å². The quantitative estimate of drug-likeness (QED) is 0.850. The zero-order valence-electron chi connectivity index (χ0n) is 11.3. The third-order valence-corrected chi connectivity index (χ3v) is 3.72. The molecule has 0 fully saturated rings. The topological polar surface area (TPSA) is 55.1 Å². The summed E-state index contributed by atoms with van der Waals surface area (Å²) in [6, 6.07) is 11.7. The van der Waals surface area contributed by atoms with Crippen LogP contribution >= 0.6 is 11.3 Å². The summed E-state index contributed by atoms with van der Waals surface area (Å²) < 4.78 is 0. The predicted molar refractivity (Wildman–Crippen MR) is 82.6 cm³/mol. The number of hydrogen-bond acceptors (Lipinski definition) is 3. The lowest BCUT2D eigenvalue weighted by Crippen LogP contribution is -2.21. The molecular formula is C16H16N2OS. The predicted octanol–water partition coefficient (Wildman–Crippen LogP) is 2.30. The van der Waals surface area contributed by atoms with Crippen molar-refractivity contribution in [2.75, 3.05) is 6.54 Å². The van der Waals surface area contributed by atoms with Gasteiger partial charge in [-0.15, -0.1) is 11.3 Å². The highest BCUT2D eigenvalue weighted by molar-refractivity contribution is 7.14. The molecule has 2 rings (SSSR count). The van der Waals surface area contributed by atoms with Crippen molar-refractivity contribution < 1.29 is 4.79 Å². The van der Waals surface area contributed by atoms with E-state index in [1.165, 1.54) is 16.9 Å². The van der Waals surface area contributed by atoms with E-state index in [4.69, 9.17) is 5.73 Å². The van der Waals surface area contributed by atoms with Crippen LogP contribution in [0.25, 0.3) is 0 Å². The van der Waals surface area contributed by atoms with Crippen molar-refractivity contribution in [1.29, 1.82) is 0 Å². The molecule has 0 aliphatic carbocycles. The number of thiophene rings is 1. The van der Waals surface area contributed by atoms with Gasteiger partial charge in [0, 0.05) is 6.54 Å². The molecular weight excluding hydrogens is 268 g/mol. The Morgan fingerprint density at radius 2 is 2.00 bits per heavy atom. The van der Waals surface area contributed by atoms with Crippen LogP contribution < -0.4 is 11.1 Å². The van der Waals surface area contributed by atoms with E-state index >= 15 is 0 Å². The average molecular weight is 284 g/mol. The van der Waals surface area contributed by atoms with E-state index in [-0.39, 0.29) is 5.91 Å². The molecule has 1 amide bonds. The van der Waals surface area contributed by atoms with Gasteiger partial charge in [-0.2, -0.15) is 0 Å². The Hall–Kier alpha value is -2.09. The van der Waals surface area contributed by atoms with E-state index in [1.54, 1.807) is 6.07 Å². The standard InChI is InChI=1S/C16H16N2OS/c1-12-4-6-13(7-5-12)11-18-16(19)15-9-8-14(20-15)3-2-10-17/h4-9H,10-11,17H2,1H3,(H,18,19). The third kappa shape index (κ3) is 3.95. The minimum Gasteiger partial charge on any atom is -0.347 e. The minimum atomic E-state index is -0.0728. The highest BCUT2D eigenvalue weighted by Crippen LogP contribution is 2.15. The lowest BCUT2D eigenvalue weighted by atomic mass is 10.1. The maximum Gasteiger partial charge on any atom is 0.261 e. The molecule has 1 heterocycles. The summed E-state index contributed by atoms with van der Waals surface area (Å²) in [5.74, 6) is 5.63. The van der Waals surface area contributed by atoms with Gasteiger partial charge >= 0.3 is 0 Å². The fraction of sp³-hybridized carbons (Fsp3) is 0.188. The van der Waals surface area contributed by atoms with Gasteiger partial charge < -0.3 is 11.1 Å². The van der Waals surface area contributed by atoms with Crippen LogP contribution in [0.1, 0.15) is 25.7 Å². The van der Waals surface area contributed by atoms with Gasteiger partial charge in [0.1, 0.15) is 0 Å². The van der Waals surface area contributed by atoms with Crippen LogP contribution in [0.5, 0.6) is 0 Å². The van der Waals surface area contributed by atoms with Gasteiger partial charge in [0.25, 0.3) is 5.91 Å². The number of hydrogen-bond donors (Lipinski definition) is 2. The SMILES string of the molecule is Cc1ccc(CNC(=O)c2ccc(C#CCN)s2)cc1. The molecule has 3 nitrogen and oxygen atoms in total. The Morgan fingerprint density at radius 1 is 1.25 bits per heavy atom. The van der Waals surface area contributed by atoms with Crippen molar-refractivity contribution in [2.24, 2.45) is 5.73 Å². The van der Waals surface area contributed by atoms with Gasteiger partial charge in [-0.25, -0.2) is 0 Å². The molecule has 20 heavy (non-hydrogen) atoms. The van der Waals surface area contributed by atoms with Crippen molar-refractivity contribution >= 4 is 17.2 Å². The number of benzene rings is 1. The largest absolute Gasteiger partial charge is 0.347 e. The van der Waals surface area contributed by atoms with E-state index in [9.17, 15) is 4.79 Å². The number of rotatable bonds is 3. The normalized spacial score (nSPS) is 9.70. The lowest BCUT2D eigenvalue weighted by Gasteiger charge is -2.04. The van der Waals surface area contributed by atoms with Crippen LogP contribution in [0.15, 0.2) is 36.4 Å². The van der Waals surface area contributed by atoms with Crippen LogP contribution in [0.2, 0.25) is 0 Å².